The normalized spacial score (nSPS) is 14.8. The number of fused-ring (bicyclic) bond motifs is 1. The molecule has 1 unspecified atom stereocenters. The maximum Gasteiger partial charge on any atom is 0.330 e. The Bertz CT molecular complexity index is 1320. The number of carbonyl (C=O) groups excluding carboxylic acids is 1. The summed E-state index contributed by atoms with van der Waals surface area (Å²) in [6, 6.07) is 18.4. The van der Waals surface area contributed by atoms with Crippen molar-refractivity contribution in [2.45, 2.75) is 11.8 Å². The van der Waals surface area contributed by atoms with Gasteiger partial charge in [0.05, 0.1) is 41.9 Å². The standard InChI is InChI=1S/C27H24O6S/c1-17-15-19(8-13-23(17)31-3)27-26(22-12-11-21(30-2)16-24(22)34(27)29)33-20-9-5-18(6-10-20)7-14-25(28)32-4/h5-16H,1-4H3. The average molecular weight is 477 g/mol. The molecule has 1 aliphatic rings. The molecular weight excluding hydrogens is 452 g/mol. The van der Waals surface area contributed by atoms with E-state index in [-0.39, 0.29) is 0 Å². The molecule has 0 N–H and O–H groups in total. The van der Waals surface area contributed by atoms with Gasteiger partial charge in [0, 0.05) is 11.6 Å². The molecule has 0 aliphatic carbocycles. The van der Waals surface area contributed by atoms with Crippen molar-refractivity contribution in [3.8, 4) is 17.2 Å². The molecule has 6 nitrogen and oxygen atoms in total. The van der Waals surface area contributed by atoms with Crippen LogP contribution in [0.15, 0.2) is 71.6 Å². The molecule has 0 spiro atoms. The van der Waals surface area contributed by atoms with Gasteiger partial charge in [-0.3, -0.25) is 0 Å². The van der Waals surface area contributed by atoms with Gasteiger partial charge in [-0.15, -0.1) is 0 Å². The van der Waals surface area contributed by atoms with Crippen LogP contribution in [0.3, 0.4) is 0 Å². The van der Waals surface area contributed by atoms with Gasteiger partial charge < -0.3 is 18.9 Å². The highest BCUT2D eigenvalue weighted by Gasteiger charge is 2.32. The van der Waals surface area contributed by atoms with Crippen molar-refractivity contribution in [1.82, 2.24) is 0 Å². The molecule has 1 aliphatic heterocycles. The van der Waals surface area contributed by atoms with Gasteiger partial charge in [0.2, 0.25) is 0 Å². The summed E-state index contributed by atoms with van der Waals surface area (Å²) >= 11 is 0. The Kier molecular flexibility index (Phi) is 6.84. The maximum atomic E-state index is 13.6. The first-order valence-corrected chi connectivity index (χ1v) is 11.6. The van der Waals surface area contributed by atoms with Crippen molar-refractivity contribution in [2.24, 2.45) is 0 Å². The molecule has 0 bridgehead atoms. The van der Waals surface area contributed by atoms with Crippen LogP contribution < -0.4 is 14.2 Å². The Labute approximate surface area is 200 Å². The molecule has 7 heteroatoms. The number of ether oxygens (including phenoxy) is 4. The van der Waals surface area contributed by atoms with E-state index in [0.717, 1.165) is 28.0 Å². The molecule has 3 aromatic carbocycles. The topological polar surface area (TPSA) is 71.1 Å². The summed E-state index contributed by atoms with van der Waals surface area (Å²) in [6.07, 6.45) is 3.01. The number of rotatable bonds is 7. The molecular formula is C27H24O6S. The molecule has 0 fully saturated rings. The number of methoxy groups -OCH3 is 3. The minimum absolute atomic E-state index is 0.426. The zero-order valence-corrected chi connectivity index (χ0v) is 20.1. The molecule has 0 saturated heterocycles. The lowest BCUT2D eigenvalue weighted by molar-refractivity contribution is -0.134. The molecule has 0 saturated carbocycles. The van der Waals surface area contributed by atoms with Crippen molar-refractivity contribution >= 4 is 33.5 Å². The fraction of sp³-hybridized carbons (Fsp3) is 0.148. The second kappa shape index (κ2) is 9.97. The smallest absolute Gasteiger partial charge is 0.330 e. The van der Waals surface area contributed by atoms with Gasteiger partial charge in [0.1, 0.15) is 17.2 Å². The molecule has 3 aromatic rings. The number of benzene rings is 3. The number of hydrogen-bond donors (Lipinski definition) is 0. The predicted molar refractivity (Wildman–Crippen MR) is 132 cm³/mol. The van der Waals surface area contributed by atoms with Gasteiger partial charge in [0.15, 0.2) is 5.76 Å². The average Bonchev–Trinajstić information content (AvgIpc) is 3.13. The Balaban J connectivity index is 1.75. The van der Waals surface area contributed by atoms with Gasteiger partial charge in [-0.05, 0) is 78.2 Å². The summed E-state index contributed by atoms with van der Waals surface area (Å²) in [7, 11) is 3.07. The van der Waals surface area contributed by atoms with Gasteiger partial charge in [-0.1, -0.05) is 12.1 Å². The van der Waals surface area contributed by atoms with Gasteiger partial charge >= 0.3 is 5.97 Å². The highest BCUT2D eigenvalue weighted by molar-refractivity contribution is 7.95. The second-order valence-corrected chi connectivity index (χ2v) is 8.89. The fourth-order valence-corrected chi connectivity index (χ4v) is 5.11. The Hall–Kier alpha value is -3.84. The Morgan fingerprint density at radius 3 is 2.26 bits per heavy atom. The van der Waals surface area contributed by atoms with E-state index >= 15 is 0 Å². The van der Waals surface area contributed by atoms with Crippen molar-refractivity contribution < 1.29 is 28.0 Å². The van der Waals surface area contributed by atoms with Crippen LogP contribution in [-0.4, -0.2) is 31.5 Å². The molecule has 0 radical (unpaired) electrons. The number of esters is 1. The van der Waals surface area contributed by atoms with E-state index in [1.165, 1.54) is 13.2 Å². The summed E-state index contributed by atoms with van der Waals surface area (Å²) < 4.78 is 35.3. The van der Waals surface area contributed by atoms with E-state index in [9.17, 15) is 9.00 Å². The molecule has 1 heterocycles. The third kappa shape index (κ3) is 4.61. The largest absolute Gasteiger partial charge is 0.497 e. The van der Waals surface area contributed by atoms with Crippen molar-refractivity contribution in [3.05, 3.63) is 89.0 Å². The summed E-state index contributed by atoms with van der Waals surface area (Å²) in [4.78, 5) is 12.5. The first-order valence-electron chi connectivity index (χ1n) is 10.5. The molecule has 1 atom stereocenters. The quantitative estimate of drug-likeness (QED) is 0.344. The zero-order chi connectivity index (χ0) is 24.2. The predicted octanol–water partition coefficient (Wildman–Crippen LogP) is 5.22. The van der Waals surface area contributed by atoms with Crippen molar-refractivity contribution in [2.75, 3.05) is 21.3 Å². The minimum atomic E-state index is -1.46. The molecule has 4 rings (SSSR count). The number of aryl methyl sites for hydroxylation is 1. The van der Waals surface area contributed by atoms with Gasteiger partial charge in [0.25, 0.3) is 0 Å². The third-order valence-electron chi connectivity index (χ3n) is 5.39. The lowest BCUT2D eigenvalue weighted by Crippen LogP contribution is -1.98. The van der Waals surface area contributed by atoms with E-state index in [1.54, 1.807) is 38.5 Å². The van der Waals surface area contributed by atoms with Gasteiger partial charge in [-0.25, -0.2) is 9.00 Å². The molecule has 0 amide bonds. The number of carbonyl (C=O) groups is 1. The summed E-state index contributed by atoms with van der Waals surface area (Å²) in [5.41, 5.74) is 3.29. The molecule has 174 valence electrons. The highest BCUT2D eigenvalue weighted by atomic mass is 32.2. The SMILES string of the molecule is COC(=O)C=Cc1ccc(OC2=C(c3ccc(OC)c(C)c3)S(=O)c3cc(OC)ccc32)cc1. The van der Waals surface area contributed by atoms with E-state index in [2.05, 4.69) is 4.74 Å². The Morgan fingerprint density at radius 2 is 1.62 bits per heavy atom. The van der Waals surface area contributed by atoms with Crippen LogP contribution >= 0.6 is 0 Å². The van der Waals surface area contributed by atoms with Crippen LogP contribution in [0.2, 0.25) is 0 Å². The van der Waals surface area contributed by atoms with Crippen molar-refractivity contribution in [1.29, 1.82) is 0 Å². The highest BCUT2D eigenvalue weighted by Crippen LogP contribution is 2.44. The van der Waals surface area contributed by atoms with E-state index in [1.807, 2.05) is 49.4 Å². The second-order valence-electron chi connectivity index (χ2n) is 7.50. The first kappa shape index (κ1) is 23.3. The van der Waals surface area contributed by atoms with Crippen LogP contribution in [-0.2, 0) is 20.3 Å². The minimum Gasteiger partial charge on any atom is -0.497 e. The lowest BCUT2D eigenvalue weighted by atomic mass is 10.1. The van der Waals surface area contributed by atoms with Crippen LogP contribution in [0.4, 0.5) is 0 Å². The lowest BCUT2D eigenvalue weighted by Gasteiger charge is -2.12. The third-order valence-corrected chi connectivity index (χ3v) is 6.92. The van der Waals surface area contributed by atoms with Crippen molar-refractivity contribution in [3.63, 3.8) is 0 Å². The monoisotopic (exact) mass is 476 g/mol. The van der Waals surface area contributed by atoms with Crippen LogP contribution in [0.5, 0.6) is 17.2 Å². The molecule has 0 aromatic heterocycles. The number of hydrogen-bond acceptors (Lipinski definition) is 6. The fourth-order valence-electron chi connectivity index (χ4n) is 3.64. The maximum absolute atomic E-state index is 13.6. The van der Waals surface area contributed by atoms with E-state index in [4.69, 9.17) is 14.2 Å². The van der Waals surface area contributed by atoms with E-state index < -0.39 is 16.8 Å². The molecule has 34 heavy (non-hydrogen) atoms. The Morgan fingerprint density at radius 1 is 0.882 bits per heavy atom. The first-order chi connectivity index (χ1) is 16.4. The van der Waals surface area contributed by atoms with Crippen LogP contribution in [0.25, 0.3) is 16.7 Å². The van der Waals surface area contributed by atoms with E-state index in [0.29, 0.717) is 27.1 Å². The summed E-state index contributed by atoms with van der Waals surface area (Å²) in [6.45, 7) is 1.94. The summed E-state index contributed by atoms with van der Waals surface area (Å²) in [5.74, 6) is 2.06. The van der Waals surface area contributed by atoms with Crippen LogP contribution in [0, 0.1) is 6.92 Å². The van der Waals surface area contributed by atoms with Gasteiger partial charge in [-0.2, -0.15) is 0 Å². The zero-order valence-electron chi connectivity index (χ0n) is 19.3. The van der Waals surface area contributed by atoms with Crippen LogP contribution in [0.1, 0.15) is 22.3 Å². The summed E-state index contributed by atoms with van der Waals surface area (Å²) in [5, 5.41) is 0.